The van der Waals surface area contributed by atoms with Crippen LogP contribution in [0.1, 0.15) is 11.1 Å². The van der Waals surface area contributed by atoms with Gasteiger partial charge in [-0.05, 0) is 36.8 Å². The van der Waals surface area contributed by atoms with E-state index in [1.807, 2.05) is 24.0 Å². The molecule has 0 aliphatic carbocycles. The normalized spacial score (nSPS) is 13.4. The lowest BCUT2D eigenvalue weighted by Gasteiger charge is -2.32. The summed E-state index contributed by atoms with van der Waals surface area (Å²) >= 11 is 1.20. The summed E-state index contributed by atoms with van der Waals surface area (Å²) in [7, 11) is -3.77. The Morgan fingerprint density at radius 2 is 2.11 bits per heavy atom. The summed E-state index contributed by atoms with van der Waals surface area (Å²) in [6.07, 6.45) is 1.53. The number of hydrogen-bond acceptors (Lipinski definition) is 7. The number of nitriles is 1. The van der Waals surface area contributed by atoms with Gasteiger partial charge in [-0.15, -0.1) is 11.3 Å². The zero-order valence-electron chi connectivity index (χ0n) is 14.9. The molecule has 28 heavy (non-hydrogen) atoms. The third-order valence-electron chi connectivity index (χ3n) is 4.32. The average molecular weight is 412 g/mol. The van der Waals surface area contributed by atoms with Gasteiger partial charge in [-0.25, -0.2) is 13.4 Å². The highest BCUT2D eigenvalue weighted by atomic mass is 32.2. The quantitative estimate of drug-likeness (QED) is 0.703. The van der Waals surface area contributed by atoms with E-state index in [1.165, 1.54) is 29.7 Å². The molecule has 0 amide bonds. The first-order valence-electron chi connectivity index (χ1n) is 8.45. The average Bonchev–Trinajstić information content (AvgIpc) is 3.19. The van der Waals surface area contributed by atoms with E-state index in [-0.39, 0.29) is 4.90 Å². The van der Waals surface area contributed by atoms with E-state index in [2.05, 4.69) is 15.8 Å². The molecule has 142 valence electrons. The highest BCUT2D eigenvalue weighted by molar-refractivity contribution is 7.93. The number of ether oxygens (including phenoxy) is 1. The number of hydrogen-bond donors (Lipinski definition) is 1. The molecule has 4 rings (SSSR count). The summed E-state index contributed by atoms with van der Waals surface area (Å²) in [6, 6.07) is 12.6. The molecule has 2 aromatic carbocycles. The van der Waals surface area contributed by atoms with Gasteiger partial charge in [0.1, 0.15) is 18.4 Å². The number of nitrogens with one attached hydrogen (secondary N) is 1. The van der Waals surface area contributed by atoms with Crippen molar-refractivity contribution in [3.63, 3.8) is 0 Å². The number of fused-ring (bicyclic) bond motifs is 1. The zero-order valence-corrected chi connectivity index (χ0v) is 16.5. The van der Waals surface area contributed by atoms with Gasteiger partial charge >= 0.3 is 0 Å². The lowest BCUT2D eigenvalue weighted by Crippen LogP contribution is -2.29. The number of benzene rings is 2. The Morgan fingerprint density at radius 1 is 1.25 bits per heavy atom. The second-order valence-corrected chi connectivity index (χ2v) is 8.78. The lowest BCUT2D eigenvalue weighted by atomic mass is 10.1. The SMILES string of the molecule is Cc1ccc(C#N)c(N2CCOc3cc(S(=O)(=O)Nc4nccs4)ccc32)c1. The van der Waals surface area contributed by atoms with Crippen LogP contribution in [0.25, 0.3) is 0 Å². The van der Waals surface area contributed by atoms with Crippen LogP contribution in [0.5, 0.6) is 5.75 Å². The van der Waals surface area contributed by atoms with Gasteiger partial charge in [-0.2, -0.15) is 5.26 Å². The maximum absolute atomic E-state index is 12.6. The van der Waals surface area contributed by atoms with Crippen molar-refractivity contribution in [3.8, 4) is 11.8 Å². The molecule has 0 saturated carbocycles. The fraction of sp³-hybridized carbons (Fsp3) is 0.158. The van der Waals surface area contributed by atoms with E-state index in [0.29, 0.717) is 29.6 Å². The molecule has 9 heteroatoms. The van der Waals surface area contributed by atoms with Gasteiger partial charge in [0.2, 0.25) is 0 Å². The van der Waals surface area contributed by atoms with E-state index in [9.17, 15) is 13.7 Å². The van der Waals surface area contributed by atoms with Crippen molar-refractivity contribution >= 4 is 37.9 Å². The highest BCUT2D eigenvalue weighted by Gasteiger charge is 2.25. The molecular formula is C19H16N4O3S2. The Kier molecular flexibility index (Phi) is 4.66. The van der Waals surface area contributed by atoms with Crippen molar-refractivity contribution < 1.29 is 13.2 Å². The molecule has 0 unspecified atom stereocenters. The maximum Gasteiger partial charge on any atom is 0.263 e. The van der Waals surface area contributed by atoms with Gasteiger partial charge < -0.3 is 9.64 Å². The molecule has 0 fully saturated rings. The van der Waals surface area contributed by atoms with Gasteiger partial charge in [-0.1, -0.05) is 6.07 Å². The topological polar surface area (TPSA) is 95.3 Å². The molecule has 1 aromatic heterocycles. The summed E-state index contributed by atoms with van der Waals surface area (Å²) in [5, 5.41) is 11.5. The summed E-state index contributed by atoms with van der Waals surface area (Å²) in [6.45, 7) is 2.91. The van der Waals surface area contributed by atoms with Gasteiger partial charge in [-0.3, -0.25) is 4.72 Å². The second kappa shape index (κ2) is 7.14. The van der Waals surface area contributed by atoms with Gasteiger partial charge in [0.05, 0.1) is 28.4 Å². The largest absolute Gasteiger partial charge is 0.489 e. The molecule has 1 aliphatic rings. The van der Waals surface area contributed by atoms with E-state index >= 15 is 0 Å². The molecule has 1 N–H and O–H groups in total. The molecule has 2 heterocycles. The van der Waals surface area contributed by atoms with Crippen LogP contribution in [-0.4, -0.2) is 26.6 Å². The summed E-state index contributed by atoms with van der Waals surface area (Å²) in [5.74, 6) is 0.457. The van der Waals surface area contributed by atoms with Crippen molar-refractivity contribution in [2.75, 3.05) is 22.8 Å². The smallest absolute Gasteiger partial charge is 0.263 e. The summed E-state index contributed by atoms with van der Waals surface area (Å²) in [5.41, 5.74) is 3.10. The molecule has 7 nitrogen and oxygen atoms in total. The minimum Gasteiger partial charge on any atom is -0.489 e. The maximum atomic E-state index is 12.6. The third kappa shape index (κ3) is 3.40. The predicted octanol–water partition coefficient (Wildman–Crippen LogP) is 3.65. The molecule has 0 saturated heterocycles. The van der Waals surface area contributed by atoms with Crippen LogP contribution in [0.2, 0.25) is 0 Å². The van der Waals surface area contributed by atoms with Gasteiger partial charge in [0.25, 0.3) is 10.0 Å². The number of anilines is 3. The fourth-order valence-corrected chi connectivity index (χ4v) is 4.83. The first kappa shape index (κ1) is 18.3. The lowest BCUT2D eigenvalue weighted by molar-refractivity contribution is 0.313. The second-order valence-electron chi connectivity index (χ2n) is 6.20. The van der Waals surface area contributed by atoms with Gasteiger partial charge in [0.15, 0.2) is 5.13 Å². The highest BCUT2D eigenvalue weighted by Crippen LogP contribution is 2.39. The molecule has 3 aromatic rings. The van der Waals surface area contributed by atoms with E-state index in [1.54, 1.807) is 17.5 Å². The monoisotopic (exact) mass is 412 g/mol. The molecule has 0 atom stereocenters. The minimum atomic E-state index is -3.77. The standard InChI is InChI=1S/C19H16N4O3S2/c1-13-2-3-14(12-20)17(10-13)23-7-8-26-18-11-15(4-5-16(18)23)28(24,25)22-19-21-6-9-27-19/h2-6,9-11H,7-8H2,1H3,(H,21,22). The Balaban J connectivity index is 1.73. The number of rotatable bonds is 4. The van der Waals surface area contributed by atoms with Crippen molar-refractivity contribution in [1.82, 2.24) is 4.98 Å². The van der Waals surface area contributed by atoms with E-state index < -0.39 is 10.0 Å². The number of aryl methyl sites for hydroxylation is 1. The summed E-state index contributed by atoms with van der Waals surface area (Å²) < 4.78 is 33.4. The van der Waals surface area contributed by atoms with Crippen LogP contribution >= 0.6 is 11.3 Å². The van der Waals surface area contributed by atoms with Crippen molar-refractivity contribution in [2.45, 2.75) is 11.8 Å². The van der Waals surface area contributed by atoms with Crippen LogP contribution < -0.4 is 14.4 Å². The first-order chi connectivity index (χ1) is 13.5. The van der Waals surface area contributed by atoms with E-state index in [4.69, 9.17) is 4.74 Å². The Hall–Kier alpha value is -3.09. The van der Waals surface area contributed by atoms with Gasteiger partial charge in [0, 0.05) is 17.6 Å². The van der Waals surface area contributed by atoms with Crippen LogP contribution in [0.15, 0.2) is 52.9 Å². The van der Waals surface area contributed by atoms with Crippen molar-refractivity contribution in [2.24, 2.45) is 0 Å². The number of nitrogens with zero attached hydrogens (tertiary/aromatic N) is 3. The Labute approximate surface area is 166 Å². The summed E-state index contributed by atoms with van der Waals surface area (Å²) in [4.78, 5) is 6.02. The van der Waals surface area contributed by atoms with Crippen LogP contribution in [-0.2, 0) is 10.0 Å². The van der Waals surface area contributed by atoms with Crippen molar-refractivity contribution in [1.29, 1.82) is 5.26 Å². The number of aromatic nitrogens is 1. The Bertz CT molecular complexity index is 1170. The fourth-order valence-electron chi connectivity index (χ4n) is 3.03. The molecule has 0 radical (unpaired) electrons. The third-order valence-corrected chi connectivity index (χ3v) is 6.48. The van der Waals surface area contributed by atoms with Crippen LogP contribution in [0.4, 0.5) is 16.5 Å². The molecule has 0 bridgehead atoms. The van der Waals surface area contributed by atoms with Crippen molar-refractivity contribution in [3.05, 3.63) is 59.1 Å². The predicted molar refractivity (Wildman–Crippen MR) is 108 cm³/mol. The number of thiazole rings is 1. The van der Waals surface area contributed by atoms with Crippen LogP contribution in [0.3, 0.4) is 0 Å². The zero-order chi connectivity index (χ0) is 19.7. The number of sulfonamides is 1. The molecule has 1 aliphatic heterocycles. The minimum absolute atomic E-state index is 0.0908. The molecular weight excluding hydrogens is 396 g/mol. The van der Waals surface area contributed by atoms with E-state index in [0.717, 1.165) is 16.9 Å². The molecule has 0 spiro atoms. The van der Waals surface area contributed by atoms with Crippen LogP contribution in [0, 0.1) is 18.3 Å². The first-order valence-corrected chi connectivity index (χ1v) is 10.8. The Morgan fingerprint density at radius 3 is 2.86 bits per heavy atom.